The van der Waals surface area contributed by atoms with Crippen molar-refractivity contribution in [1.29, 1.82) is 0 Å². The summed E-state index contributed by atoms with van der Waals surface area (Å²) in [5.41, 5.74) is 0.756. The van der Waals surface area contributed by atoms with Crippen molar-refractivity contribution in [2.24, 2.45) is 40.6 Å². The van der Waals surface area contributed by atoms with Gasteiger partial charge in [0.1, 0.15) is 5.75 Å². The Morgan fingerprint density at radius 3 is 2.08 bits per heavy atom. The molecule has 2 bridgehead atoms. The summed E-state index contributed by atoms with van der Waals surface area (Å²) in [6, 6.07) is 3.56. The van der Waals surface area contributed by atoms with Crippen LogP contribution >= 0.6 is 45.2 Å². The Kier molecular flexibility index (Phi) is 3.58. The van der Waals surface area contributed by atoms with Crippen LogP contribution in [0.2, 0.25) is 0 Å². The van der Waals surface area contributed by atoms with Crippen molar-refractivity contribution in [2.45, 2.75) is 6.42 Å². The van der Waals surface area contributed by atoms with E-state index in [9.17, 15) is 14.7 Å². The fraction of sp³-hybridized carbons (Fsp3) is 0.389. The average Bonchev–Trinajstić information content (AvgIpc) is 3.37. The predicted molar refractivity (Wildman–Crippen MR) is 108 cm³/mol. The van der Waals surface area contributed by atoms with Crippen molar-refractivity contribution >= 4 is 63.2 Å². The van der Waals surface area contributed by atoms with Crippen molar-refractivity contribution in [3.63, 3.8) is 0 Å². The lowest BCUT2D eigenvalue weighted by atomic mass is 9.63. The number of halogens is 2. The number of nitrogens with zero attached hydrogens (tertiary/aromatic N) is 2. The molecule has 1 heterocycles. The molecule has 7 heteroatoms. The minimum absolute atomic E-state index is 0.154. The van der Waals surface area contributed by atoms with E-state index in [-0.39, 0.29) is 41.2 Å². The smallest absolute Gasteiger partial charge is 0.254 e. The molecule has 128 valence electrons. The normalized spacial score (nSPS) is 37.8. The molecule has 1 N–H and O–H groups in total. The average molecular weight is 560 g/mol. The molecule has 3 fully saturated rings. The van der Waals surface area contributed by atoms with E-state index in [1.165, 1.54) is 6.21 Å². The third-order valence-electron chi connectivity index (χ3n) is 6.00. The van der Waals surface area contributed by atoms with Crippen LogP contribution in [0.1, 0.15) is 12.0 Å². The molecule has 5 nitrogen and oxygen atoms in total. The highest BCUT2D eigenvalue weighted by Crippen LogP contribution is 2.65. The monoisotopic (exact) mass is 560 g/mol. The molecule has 1 saturated heterocycles. The summed E-state index contributed by atoms with van der Waals surface area (Å²) in [4.78, 5) is 25.7. The van der Waals surface area contributed by atoms with Crippen LogP contribution in [-0.2, 0) is 9.59 Å². The number of aromatic hydroxyl groups is 1. The van der Waals surface area contributed by atoms with Crippen LogP contribution in [0, 0.1) is 42.6 Å². The lowest BCUT2D eigenvalue weighted by molar-refractivity contribution is -0.140. The van der Waals surface area contributed by atoms with Crippen LogP contribution in [-0.4, -0.2) is 28.1 Å². The fourth-order valence-corrected chi connectivity index (χ4v) is 6.66. The number of hydrogen-bond donors (Lipinski definition) is 1. The Hall–Kier alpha value is -0.970. The van der Waals surface area contributed by atoms with Crippen LogP contribution < -0.4 is 0 Å². The Morgan fingerprint density at radius 2 is 1.56 bits per heavy atom. The van der Waals surface area contributed by atoms with Crippen LogP contribution in [0.3, 0.4) is 0 Å². The Morgan fingerprint density at radius 1 is 1.04 bits per heavy atom. The van der Waals surface area contributed by atoms with Gasteiger partial charge in [-0.1, -0.05) is 12.2 Å². The summed E-state index contributed by atoms with van der Waals surface area (Å²) in [7, 11) is 0. The number of amides is 2. The second kappa shape index (κ2) is 5.51. The number of imide groups is 1. The quantitative estimate of drug-likeness (QED) is 0.262. The van der Waals surface area contributed by atoms with Gasteiger partial charge in [0.2, 0.25) is 0 Å². The van der Waals surface area contributed by atoms with Gasteiger partial charge in [-0.3, -0.25) is 9.59 Å². The largest absolute Gasteiger partial charge is 0.506 e. The zero-order chi connectivity index (χ0) is 17.5. The van der Waals surface area contributed by atoms with E-state index >= 15 is 0 Å². The molecule has 0 unspecified atom stereocenters. The highest BCUT2D eigenvalue weighted by atomic mass is 127. The van der Waals surface area contributed by atoms with E-state index in [2.05, 4.69) is 17.3 Å². The van der Waals surface area contributed by atoms with Gasteiger partial charge in [0.25, 0.3) is 11.8 Å². The molecule has 1 aromatic rings. The molecular weight excluding hydrogens is 546 g/mol. The van der Waals surface area contributed by atoms with Crippen LogP contribution in [0.25, 0.3) is 0 Å². The number of benzene rings is 1. The Labute approximate surface area is 171 Å². The number of phenols is 1. The maximum atomic E-state index is 12.8. The van der Waals surface area contributed by atoms with Gasteiger partial charge in [0, 0.05) is 0 Å². The van der Waals surface area contributed by atoms with E-state index in [0.717, 1.165) is 17.0 Å². The summed E-state index contributed by atoms with van der Waals surface area (Å²) in [5, 5.41) is 15.1. The summed E-state index contributed by atoms with van der Waals surface area (Å²) < 4.78 is 1.42. The third kappa shape index (κ3) is 2.27. The Balaban J connectivity index is 1.45. The van der Waals surface area contributed by atoms with Gasteiger partial charge in [-0.25, -0.2) is 0 Å². The first-order valence-electron chi connectivity index (χ1n) is 8.25. The van der Waals surface area contributed by atoms with Crippen LogP contribution in [0.15, 0.2) is 29.4 Å². The van der Waals surface area contributed by atoms with E-state index in [1.807, 2.05) is 45.2 Å². The molecule has 5 aliphatic rings. The number of rotatable bonds is 2. The zero-order valence-corrected chi connectivity index (χ0v) is 17.3. The molecule has 6 rings (SSSR count). The van der Waals surface area contributed by atoms with Crippen molar-refractivity contribution in [1.82, 2.24) is 5.01 Å². The molecule has 25 heavy (non-hydrogen) atoms. The summed E-state index contributed by atoms with van der Waals surface area (Å²) in [6.45, 7) is 0. The number of carbonyl (C=O) groups is 2. The maximum Gasteiger partial charge on any atom is 0.254 e. The van der Waals surface area contributed by atoms with Gasteiger partial charge in [0.15, 0.2) is 0 Å². The molecule has 0 spiro atoms. The van der Waals surface area contributed by atoms with Gasteiger partial charge in [0.05, 0.1) is 25.2 Å². The molecular formula is C18H14I2N2O3. The molecule has 0 radical (unpaired) electrons. The SMILES string of the molecule is O=C1[C@@H]2[C@H]3C=C[C@@H]([C@@H]4C[C@H]34)[C@H]2C(=O)N1/N=C\c1cc(I)c(O)c(I)c1. The van der Waals surface area contributed by atoms with Gasteiger partial charge >= 0.3 is 0 Å². The van der Waals surface area contributed by atoms with Crippen molar-refractivity contribution < 1.29 is 14.7 Å². The van der Waals surface area contributed by atoms with Crippen molar-refractivity contribution in [2.75, 3.05) is 0 Å². The lowest BCUT2D eigenvalue weighted by Gasteiger charge is -2.37. The van der Waals surface area contributed by atoms with E-state index in [4.69, 9.17) is 0 Å². The summed E-state index contributed by atoms with van der Waals surface area (Å²) in [5.74, 6) is 1.11. The first-order valence-corrected chi connectivity index (χ1v) is 10.4. The Bertz CT molecular complexity index is 822. The summed E-state index contributed by atoms with van der Waals surface area (Å²) >= 11 is 4.09. The fourth-order valence-electron chi connectivity index (χ4n) is 4.84. The molecule has 6 atom stereocenters. The molecule has 2 saturated carbocycles. The second-order valence-corrected chi connectivity index (χ2v) is 9.54. The number of phenolic OH excluding ortho intramolecular Hbond substituents is 1. The molecule has 1 aromatic carbocycles. The molecule has 2 amide bonds. The van der Waals surface area contributed by atoms with E-state index in [1.54, 1.807) is 12.1 Å². The zero-order valence-electron chi connectivity index (χ0n) is 13.0. The first kappa shape index (κ1) is 16.2. The highest BCUT2D eigenvalue weighted by molar-refractivity contribution is 14.1. The van der Waals surface area contributed by atoms with Gasteiger partial charge < -0.3 is 5.11 Å². The number of carbonyl (C=O) groups excluding carboxylic acids is 2. The molecule has 1 aliphatic heterocycles. The lowest BCUT2D eigenvalue weighted by Crippen LogP contribution is -2.40. The summed E-state index contributed by atoms with van der Waals surface area (Å²) in [6.07, 6.45) is 7.00. The first-order chi connectivity index (χ1) is 12.0. The third-order valence-corrected chi connectivity index (χ3v) is 7.65. The van der Waals surface area contributed by atoms with Crippen molar-refractivity contribution in [3.05, 3.63) is 37.0 Å². The van der Waals surface area contributed by atoms with Gasteiger partial charge in [-0.2, -0.15) is 10.1 Å². The number of hydrogen-bond acceptors (Lipinski definition) is 4. The molecule has 0 aromatic heterocycles. The van der Waals surface area contributed by atoms with Crippen LogP contribution in [0.5, 0.6) is 5.75 Å². The minimum Gasteiger partial charge on any atom is -0.506 e. The highest BCUT2D eigenvalue weighted by Gasteiger charge is 2.67. The molecule has 4 aliphatic carbocycles. The minimum atomic E-state index is -0.219. The number of hydrazone groups is 1. The number of allylic oxidation sites excluding steroid dienone is 2. The van der Waals surface area contributed by atoms with Gasteiger partial charge in [-0.05, 0) is 93.0 Å². The predicted octanol–water partition coefficient (Wildman–Crippen LogP) is 2.99. The van der Waals surface area contributed by atoms with E-state index in [0.29, 0.717) is 19.0 Å². The topological polar surface area (TPSA) is 70.0 Å². The standard InChI is InChI=1S/C18H14I2N2O3/c19-12-3-7(4-13(20)16(12)23)6-21-22-17(24)14-8-1-2-9(11-5-10(8)11)15(14)18(22)25/h1-4,6,8-11,14-15,23H,5H2/b21-6-/t8-,9-,10-,11+,14+,15+/m0/s1. The van der Waals surface area contributed by atoms with Crippen LogP contribution in [0.4, 0.5) is 0 Å². The van der Waals surface area contributed by atoms with Gasteiger partial charge in [-0.15, -0.1) is 0 Å². The van der Waals surface area contributed by atoms with Crippen molar-refractivity contribution in [3.8, 4) is 5.75 Å². The maximum absolute atomic E-state index is 12.8. The van der Waals surface area contributed by atoms with E-state index < -0.39 is 0 Å². The second-order valence-electron chi connectivity index (χ2n) is 7.22.